The predicted octanol–water partition coefficient (Wildman–Crippen LogP) is 3.84. The number of aromatic nitrogens is 3. The summed E-state index contributed by atoms with van der Waals surface area (Å²) in [4.78, 5) is 11.1. The van der Waals surface area contributed by atoms with E-state index in [0.29, 0.717) is 10.7 Å². The van der Waals surface area contributed by atoms with Crippen LogP contribution in [0.25, 0.3) is 22.4 Å². The first-order valence-corrected chi connectivity index (χ1v) is 9.01. The fourth-order valence-electron chi connectivity index (χ4n) is 3.24. The van der Waals surface area contributed by atoms with Gasteiger partial charge in [0.1, 0.15) is 23.2 Å². The smallest absolute Gasteiger partial charge is 0.263 e. The Hall–Kier alpha value is -2.18. The van der Waals surface area contributed by atoms with Crippen molar-refractivity contribution in [3.8, 4) is 11.3 Å². The first kappa shape index (κ1) is 16.3. The van der Waals surface area contributed by atoms with Crippen LogP contribution in [0, 0.1) is 0 Å². The topological polar surface area (TPSA) is 67.1 Å². The summed E-state index contributed by atoms with van der Waals surface area (Å²) in [6, 6.07) is 7.52. The maximum atomic E-state index is 5.98. The summed E-state index contributed by atoms with van der Waals surface area (Å²) in [5.41, 5.74) is 2.14. The third-order valence-electron chi connectivity index (χ3n) is 4.56. The summed E-state index contributed by atoms with van der Waals surface area (Å²) in [7, 11) is 0. The highest BCUT2D eigenvalue weighted by atomic mass is 35.5. The van der Waals surface area contributed by atoms with Gasteiger partial charge in [0.2, 0.25) is 0 Å². The van der Waals surface area contributed by atoms with Crippen molar-refractivity contribution in [1.29, 1.82) is 0 Å². The molecule has 0 unspecified atom stereocenters. The van der Waals surface area contributed by atoms with Gasteiger partial charge in [-0.2, -0.15) is 4.98 Å². The number of piperidine rings is 1. The third-order valence-corrected chi connectivity index (χ3v) is 4.81. The molecule has 25 heavy (non-hydrogen) atoms. The van der Waals surface area contributed by atoms with Crippen molar-refractivity contribution in [1.82, 2.24) is 20.0 Å². The van der Waals surface area contributed by atoms with Crippen LogP contribution in [0.5, 0.6) is 0 Å². The molecular weight excluding hydrogens is 338 g/mol. The van der Waals surface area contributed by atoms with Gasteiger partial charge in [-0.25, -0.2) is 4.98 Å². The van der Waals surface area contributed by atoms with E-state index >= 15 is 0 Å². The van der Waals surface area contributed by atoms with Crippen LogP contribution in [-0.2, 0) is 0 Å². The second-order valence-electron chi connectivity index (χ2n) is 6.27. The molecule has 3 heterocycles. The molecule has 0 radical (unpaired) electrons. The van der Waals surface area contributed by atoms with E-state index in [4.69, 9.17) is 16.1 Å². The van der Waals surface area contributed by atoms with Crippen molar-refractivity contribution in [3.05, 3.63) is 35.6 Å². The van der Waals surface area contributed by atoms with Gasteiger partial charge >= 0.3 is 0 Å². The fraction of sp³-hybridized carbons (Fsp3) is 0.389. The lowest BCUT2D eigenvalue weighted by molar-refractivity contribution is 0.237. The molecule has 2 aromatic heterocycles. The Morgan fingerprint density at radius 2 is 1.88 bits per heavy atom. The van der Waals surface area contributed by atoms with Gasteiger partial charge in [0.25, 0.3) is 5.71 Å². The van der Waals surface area contributed by atoms with Crippen LogP contribution in [0.3, 0.4) is 0 Å². The maximum Gasteiger partial charge on any atom is 0.263 e. The number of halogens is 1. The minimum Gasteiger partial charge on any atom is -0.368 e. The van der Waals surface area contributed by atoms with E-state index in [1.165, 1.54) is 38.7 Å². The van der Waals surface area contributed by atoms with E-state index in [1.54, 1.807) is 0 Å². The molecule has 0 spiro atoms. The van der Waals surface area contributed by atoms with Crippen molar-refractivity contribution in [2.75, 3.05) is 31.5 Å². The average Bonchev–Trinajstić information content (AvgIpc) is 3.08. The molecule has 7 heteroatoms. The summed E-state index contributed by atoms with van der Waals surface area (Å²) < 4.78 is 5.39. The Kier molecular flexibility index (Phi) is 4.81. The standard InChI is InChI=1S/C18H20ClN5O/c19-14-6-4-13(5-7-14)16-15-17(21-12-22-18(15)25-23-16)20-8-11-24-9-2-1-3-10-24/h4-7,12H,1-3,8-11H2,(H,20,21,22). The van der Waals surface area contributed by atoms with Crippen molar-refractivity contribution in [2.45, 2.75) is 19.3 Å². The van der Waals surface area contributed by atoms with E-state index in [9.17, 15) is 0 Å². The summed E-state index contributed by atoms with van der Waals surface area (Å²) in [6.45, 7) is 4.21. The molecule has 1 saturated heterocycles. The lowest BCUT2D eigenvalue weighted by Gasteiger charge is -2.26. The fourth-order valence-corrected chi connectivity index (χ4v) is 3.37. The molecule has 1 fully saturated rings. The van der Waals surface area contributed by atoms with E-state index in [-0.39, 0.29) is 0 Å². The highest BCUT2D eigenvalue weighted by molar-refractivity contribution is 6.30. The Labute approximate surface area is 151 Å². The van der Waals surface area contributed by atoms with Gasteiger partial charge in [0.05, 0.1) is 0 Å². The number of hydrogen-bond acceptors (Lipinski definition) is 6. The van der Waals surface area contributed by atoms with Gasteiger partial charge in [0.15, 0.2) is 0 Å². The maximum absolute atomic E-state index is 5.98. The lowest BCUT2D eigenvalue weighted by atomic mass is 10.1. The molecule has 1 aromatic carbocycles. The Balaban J connectivity index is 1.56. The number of likely N-dealkylation sites (tertiary alicyclic amines) is 1. The molecule has 1 aliphatic rings. The molecule has 3 aromatic rings. The van der Waals surface area contributed by atoms with Crippen molar-refractivity contribution >= 4 is 28.5 Å². The summed E-state index contributed by atoms with van der Waals surface area (Å²) in [6.07, 6.45) is 5.44. The van der Waals surface area contributed by atoms with Crippen LogP contribution in [0.1, 0.15) is 19.3 Å². The van der Waals surface area contributed by atoms with Gasteiger partial charge in [-0.05, 0) is 38.1 Å². The largest absolute Gasteiger partial charge is 0.368 e. The van der Waals surface area contributed by atoms with Crippen molar-refractivity contribution < 1.29 is 4.52 Å². The van der Waals surface area contributed by atoms with Crippen LogP contribution < -0.4 is 5.32 Å². The first-order chi connectivity index (χ1) is 12.3. The molecule has 0 bridgehead atoms. The van der Waals surface area contributed by atoms with Gasteiger partial charge in [-0.3, -0.25) is 0 Å². The number of nitrogens with zero attached hydrogens (tertiary/aromatic N) is 4. The normalized spacial score (nSPS) is 15.6. The number of rotatable bonds is 5. The molecule has 0 aliphatic carbocycles. The Morgan fingerprint density at radius 3 is 2.68 bits per heavy atom. The number of hydrogen-bond donors (Lipinski definition) is 1. The number of benzene rings is 1. The quantitative estimate of drug-likeness (QED) is 0.748. The van der Waals surface area contributed by atoms with Gasteiger partial charge in [-0.1, -0.05) is 35.3 Å². The molecule has 130 valence electrons. The second kappa shape index (κ2) is 7.37. The minimum absolute atomic E-state index is 0.487. The molecular formula is C18H20ClN5O. The van der Waals surface area contributed by atoms with Crippen LogP contribution in [0.15, 0.2) is 35.1 Å². The monoisotopic (exact) mass is 357 g/mol. The van der Waals surface area contributed by atoms with Gasteiger partial charge in [-0.15, -0.1) is 0 Å². The number of nitrogens with one attached hydrogen (secondary N) is 1. The van der Waals surface area contributed by atoms with Crippen molar-refractivity contribution in [2.24, 2.45) is 0 Å². The highest BCUT2D eigenvalue weighted by Gasteiger charge is 2.17. The van der Waals surface area contributed by atoms with Crippen molar-refractivity contribution in [3.63, 3.8) is 0 Å². The van der Waals surface area contributed by atoms with E-state index in [0.717, 1.165) is 35.6 Å². The zero-order valence-electron chi connectivity index (χ0n) is 13.9. The predicted molar refractivity (Wildman–Crippen MR) is 98.8 cm³/mol. The molecule has 0 amide bonds. The third kappa shape index (κ3) is 3.60. The summed E-state index contributed by atoms with van der Waals surface area (Å²) >= 11 is 5.98. The molecule has 0 atom stereocenters. The number of anilines is 1. The Morgan fingerprint density at radius 1 is 1.08 bits per heavy atom. The SMILES string of the molecule is Clc1ccc(-c2noc3ncnc(NCCN4CCCCC4)c23)cc1. The lowest BCUT2D eigenvalue weighted by Crippen LogP contribution is -2.33. The molecule has 6 nitrogen and oxygen atoms in total. The van der Waals surface area contributed by atoms with Gasteiger partial charge in [0, 0.05) is 23.7 Å². The first-order valence-electron chi connectivity index (χ1n) is 8.64. The van der Waals surface area contributed by atoms with E-state index in [2.05, 4.69) is 25.3 Å². The zero-order chi connectivity index (χ0) is 17.1. The average molecular weight is 358 g/mol. The van der Waals surface area contributed by atoms with Crippen LogP contribution in [0.2, 0.25) is 5.02 Å². The molecule has 1 N–H and O–H groups in total. The number of fused-ring (bicyclic) bond motifs is 1. The summed E-state index contributed by atoms with van der Waals surface area (Å²) in [5, 5.41) is 9.10. The zero-order valence-corrected chi connectivity index (χ0v) is 14.7. The van der Waals surface area contributed by atoms with E-state index in [1.807, 2.05) is 24.3 Å². The Bertz CT molecular complexity index is 842. The minimum atomic E-state index is 0.487. The van der Waals surface area contributed by atoms with Crippen LogP contribution >= 0.6 is 11.6 Å². The summed E-state index contributed by atoms with van der Waals surface area (Å²) in [5.74, 6) is 0.758. The molecule has 4 rings (SSSR count). The molecule has 1 aliphatic heterocycles. The van der Waals surface area contributed by atoms with Gasteiger partial charge < -0.3 is 14.7 Å². The molecule has 0 saturated carbocycles. The van der Waals surface area contributed by atoms with E-state index < -0.39 is 0 Å². The van der Waals surface area contributed by atoms with Crippen LogP contribution in [-0.4, -0.2) is 46.2 Å². The highest BCUT2D eigenvalue weighted by Crippen LogP contribution is 2.31. The second-order valence-corrected chi connectivity index (χ2v) is 6.71. The van der Waals surface area contributed by atoms with Crippen LogP contribution in [0.4, 0.5) is 5.82 Å².